The monoisotopic (exact) mass is 428 g/mol. The van der Waals surface area contributed by atoms with Crippen molar-refractivity contribution in [3.63, 3.8) is 0 Å². The fourth-order valence-electron chi connectivity index (χ4n) is 2.72. The van der Waals surface area contributed by atoms with E-state index in [2.05, 4.69) is 5.32 Å². The number of nitrogens with zero attached hydrogens (tertiary/aromatic N) is 1. The number of rotatable bonds is 6. The van der Waals surface area contributed by atoms with Crippen molar-refractivity contribution >= 4 is 50.5 Å². The summed E-state index contributed by atoms with van der Waals surface area (Å²) in [6.45, 7) is 5.41. The predicted molar refractivity (Wildman–Crippen MR) is 112 cm³/mol. The summed E-state index contributed by atoms with van der Waals surface area (Å²) in [4.78, 5) is 12.9. The molecule has 0 heterocycles. The van der Waals surface area contributed by atoms with Crippen LogP contribution in [0.25, 0.3) is 0 Å². The number of carbonyl (C=O) groups excluding carboxylic acids is 1. The summed E-state index contributed by atoms with van der Waals surface area (Å²) in [7, 11) is -3.73. The summed E-state index contributed by atoms with van der Waals surface area (Å²) in [5.41, 5.74) is 2.53. The first-order chi connectivity index (χ1) is 12.5. The Bertz CT molecular complexity index is 961. The van der Waals surface area contributed by atoms with E-state index in [0.29, 0.717) is 21.4 Å². The highest BCUT2D eigenvalue weighted by atomic mass is 35.5. The fourth-order valence-corrected chi connectivity index (χ4v) is 4.27. The maximum Gasteiger partial charge on any atom is 0.248 e. The third-order valence-electron chi connectivity index (χ3n) is 4.20. The van der Waals surface area contributed by atoms with Gasteiger partial charge in [-0.3, -0.25) is 9.10 Å². The van der Waals surface area contributed by atoms with Crippen LogP contribution in [-0.2, 0) is 14.8 Å². The highest BCUT2D eigenvalue weighted by Gasteiger charge is 2.32. The SMILES string of the molecule is CCC(C(=O)Nc1cc(Cl)ccc1C)N(c1ccc(C)c(Cl)c1)S(C)(=O)=O. The molecule has 2 aromatic carbocycles. The molecule has 0 fully saturated rings. The Labute approximate surface area is 170 Å². The third kappa shape index (κ3) is 5.15. The standard InChI is InChI=1S/C19H22Cl2N2O3S/c1-5-18(19(24)22-17-10-14(20)8-6-13(17)3)23(27(4,25)26)15-9-7-12(2)16(21)11-15/h6-11,18H,5H2,1-4H3,(H,22,24). The Kier molecular flexibility index (Phi) is 6.78. The number of carbonyl (C=O) groups is 1. The molecular weight excluding hydrogens is 407 g/mol. The molecule has 0 saturated heterocycles. The van der Waals surface area contributed by atoms with Crippen molar-refractivity contribution in [1.82, 2.24) is 0 Å². The van der Waals surface area contributed by atoms with Crippen LogP contribution in [0.4, 0.5) is 11.4 Å². The second kappa shape index (κ2) is 8.50. The number of nitrogens with one attached hydrogen (secondary N) is 1. The number of hydrogen-bond donors (Lipinski definition) is 1. The van der Waals surface area contributed by atoms with Crippen molar-refractivity contribution in [1.29, 1.82) is 0 Å². The van der Waals surface area contributed by atoms with Crippen LogP contribution in [0.3, 0.4) is 0 Å². The Balaban J connectivity index is 2.44. The molecule has 1 N–H and O–H groups in total. The number of anilines is 2. The van der Waals surface area contributed by atoms with Gasteiger partial charge in [-0.1, -0.05) is 42.3 Å². The smallest absolute Gasteiger partial charge is 0.248 e. The molecule has 1 atom stereocenters. The van der Waals surface area contributed by atoms with Crippen LogP contribution in [0.2, 0.25) is 10.0 Å². The normalized spacial score (nSPS) is 12.5. The zero-order valence-electron chi connectivity index (χ0n) is 15.6. The van der Waals surface area contributed by atoms with E-state index in [4.69, 9.17) is 23.2 Å². The predicted octanol–water partition coefficient (Wildman–Crippen LogP) is 4.79. The number of benzene rings is 2. The summed E-state index contributed by atoms with van der Waals surface area (Å²) in [5, 5.41) is 3.70. The van der Waals surface area contributed by atoms with E-state index < -0.39 is 22.0 Å². The van der Waals surface area contributed by atoms with Crippen molar-refractivity contribution in [3.05, 3.63) is 57.6 Å². The minimum Gasteiger partial charge on any atom is -0.324 e. The summed E-state index contributed by atoms with van der Waals surface area (Å²) in [6.07, 6.45) is 1.35. The van der Waals surface area contributed by atoms with Crippen LogP contribution in [0.1, 0.15) is 24.5 Å². The van der Waals surface area contributed by atoms with Crippen molar-refractivity contribution in [2.45, 2.75) is 33.2 Å². The van der Waals surface area contributed by atoms with Gasteiger partial charge in [-0.25, -0.2) is 8.42 Å². The number of sulfonamides is 1. The van der Waals surface area contributed by atoms with Gasteiger partial charge < -0.3 is 5.32 Å². The van der Waals surface area contributed by atoms with Gasteiger partial charge in [-0.15, -0.1) is 0 Å². The van der Waals surface area contributed by atoms with Crippen LogP contribution in [0.5, 0.6) is 0 Å². The van der Waals surface area contributed by atoms with E-state index in [1.54, 1.807) is 43.3 Å². The molecule has 0 aromatic heterocycles. The molecule has 1 amide bonds. The largest absolute Gasteiger partial charge is 0.324 e. The molecular formula is C19H22Cl2N2O3S. The molecule has 5 nitrogen and oxygen atoms in total. The zero-order valence-corrected chi connectivity index (χ0v) is 17.9. The van der Waals surface area contributed by atoms with Crippen molar-refractivity contribution in [3.8, 4) is 0 Å². The van der Waals surface area contributed by atoms with E-state index in [1.807, 2.05) is 13.8 Å². The molecule has 2 aromatic rings. The first-order valence-electron chi connectivity index (χ1n) is 8.37. The van der Waals surface area contributed by atoms with Gasteiger partial charge in [-0.2, -0.15) is 0 Å². The molecule has 0 aliphatic rings. The Morgan fingerprint density at radius 2 is 1.74 bits per heavy atom. The minimum absolute atomic E-state index is 0.282. The number of hydrogen-bond acceptors (Lipinski definition) is 3. The number of aryl methyl sites for hydroxylation is 2. The van der Waals surface area contributed by atoms with Gasteiger partial charge in [0.05, 0.1) is 11.9 Å². The van der Waals surface area contributed by atoms with E-state index in [0.717, 1.165) is 21.7 Å². The summed E-state index contributed by atoms with van der Waals surface area (Å²) in [5.74, 6) is -0.440. The molecule has 0 bridgehead atoms. The van der Waals surface area contributed by atoms with Gasteiger partial charge in [-0.05, 0) is 55.7 Å². The lowest BCUT2D eigenvalue weighted by Crippen LogP contribution is -2.47. The Hall–Kier alpha value is -1.76. The number of amides is 1. The Morgan fingerprint density at radius 3 is 2.30 bits per heavy atom. The first-order valence-corrected chi connectivity index (χ1v) is 11.0. The van der Waals surface area contributed by atoms with Gasteiger partial charge in [0.25, 0.3) is 0 Å². The summed E-state index contributed by atoms with van der Waals surface area (Å²) >= 11 is 12.2. The average Bonchev–Trinajstić information content (AvgIpc) is 2.57. The van der Waals surface area contributed by atoms with Crippen molar-refractivity contribution in [2.24, 2.45) is 0 Å². The molecule has 27 heavy (non-hydrogen) atoms. The maximum absolute atomic E-state index is 12.9. The van der Waals surface area contributed by atoms with Gasteiger partial charge >= 0.3 is 0 Å². The lowest BCUT2D eigenvalue weighted by atomic mass is 10.1. The topological polar surface area (TPSA) is 66.5 Å². The third-order valence-corrected chi connectivity index (χ3v) is 6.02. The molecule has 146 valence electrons. The summed E-state index contributed by atoms with van der Waals surface area (Å²) < 4.78 is 26.1. The molecule has 0 aliphatic carbocycles. The second-order valence-corrected chi connectivity index (χ2v) is 9.07. The highest BCUT2D eigenvalue weighted by Crippen LogP contribution is 2.28. The zero-order chi connectivity index (χ0) is 20.4. The van der Waals surface area contributed by atoms with E-state index in [-0.39, 0.29) is 6.42 Å². The average molecular weight is 429 g/mol. The van der Waals surface area contributed by atoms with Gasteiger partial charge in [0.2, 0.25) is 15.9 Å². The van der Waals surface area contributed by atoms with Crippen molar-refractivity contribution < 1.29 is 13.2 Å². The molecule has 0 radical (unpaired) electrons. The quantitative estimate of drug-likeness (QED) is 0.718. The van der Waals surface area contributed by atoms with Crippen LogP contribution in [0.15, 0.2) is 36.4 Å². The first kappa shape index (κ1) is 21.5. The fraction of sp³-hybridized carbons (Fsp3) is 0.316. The number of halogens is 2. The summed E-state index contributed by atoms with van der Waals surface area (Å²) in [6, 6.07) is 9.13. The van der Waals surface area contributed by atoms with Crippen LogP contribution >= 0.6 is 23.2 Å². The lowest BCUT2D eigenvalue weighted by molar-refractivity contribution is -0.117. The Morgan fingerprint density at radius 1 is 1.11 bits per heavy atom. The second-order valence-electron chi connectivity index (χ2n) is 6.36. The van der Waals surface area contributed by atoms with Crippen LogP contribution in [-0.4, -0.2) is 26.6 Å². The van der Waals surface area contributed by atoms with E-state index in [1.165, 1.54) is 0 Å². The van der Waals surface area contributed by atoms with Gasteiger partial charge in [0, 0.05) is 15.7 Å². The molecule has 8 heteroatoms. The van der Waals surface area contributed by atoms with Crippen molar-refractivity contribution in [2.75, 3.05) is 15.9 Å². The van der Waals surface area contributed by atoms with E-state index >= 15 is 0 Å². The molecule has 0 saturated carbocycles. The molecule has 1 unspecified atom stereocenters. The lowest BCUT2D eigenvalue weighted by Gasteiger charge is -2.30. The van der Waals surface area contributed by atoms with E-state index in [9.17, 15) is 13.2 Å². The van der Waals surface area contributed by atoms with Gasteiger partial charge in [0.15, 0.2) is 0 Å². The molecule has 0 spiro atoms. The molecule has 0 aliphatic heterocycles. The highest BCUT2D eigenvalue weighted by molar-refractivity contribution is 7.92. The van der Waals surface area contributed by atoms with Crippen LogP contribution < -0.4 is 9.62 Å². The minimum atomic E-state index is -3.73. The maximum atomic E-state index is 12.9. The molecule has 2 rings (SSSR count). The van der Waals surface area contributed by atoms with Gasteiger partial charge in [0.1, 0.15) is 6.04 Å². The van der Waals surface area contributed by atoms with Crippen LogP contribution in [0, 0.1) is 13.8 Å².